The molecule has 1 unspecified atom stereocenters. The van der Waals surface area contributed by atoms with Crippen LogP contribution in [0, 0.1) is 5.41 Å². The molecule has 4 heteroatoms. The highest BCUT2D eigenvalue weighted by atomic mass is 16.5. The Bertz CT molecular complexity index is 403. The fourth-order valence-corrected chi connectivity index (χ4v) is 2.11. The normalized spacial score (nSPS) is 13.0. The molecule has 1 aromatic rings. The van der Waals surface area contributed by atoms with Crippen LogP contribution in [-0.4, -0.2) is 37.9 Å². The lowest BCUT2D eigenvalue weighted by Crippen LogP contribution is -2.35. The number of esters is 1. The van der Waals surface area contributed by atoms with E-state index in [9.17, 15) is 4.79 Å². The number of aliphatic hydroxyl groups excluding tert-OH is 1. The lowest BCUT2D eigenvalue weighted by molar-refractivity contribution is -0.142. The maximum absolute atomic E-state index is 11.9. The van der Waals surface area contributed by atoms with Gasteiger partial charge >= 0.3 is 5.97 Å². The molecule has 0 heterocycles. The van der Waals surface area contributed by atoms with Gasteiger partial charge in [-0.2, -0.15) is 0 Å². The molecule has 0 fully saturated rings. The van der Waals surface area contributed by atoms with Crippen LogP contribution in [0.25, 0.3) is 0 Å². The molecule has 1 atom stereocenters. The lowest BCUT2D eigenvalue weighted by Gasteiger charge is -2.25. The molecular formula is C16H25NO3. The first-order valence-electron chi connectivity index (χ1n) is 6.94. The molecule has 0 bridgehead atoms. The number of carbonyl (C=O) groups is 1. The standard InChI is InChI=1S/C16H25NO3/c1-16(2,9-10-18)12-17-11-14(15(19)20-3)13-7-5-4-6-8-13/h4-8,14,17-18H,9-12H2,1-3H3. The van der Waals surface area contributed by atoms with Crippen molar-refractivity contribution in [3.05, 3.63) is 35.9 Å². The van der Waals surface area contributed by atoms with E-state index in [1.165, 1.54) is 7.11 Å². The zero-order valence-electron chi connectivity index (χ0n) is 12.6. The van der Waals surface area contributed by atoms with Gasteiger partial charge in [0.25, 0.3) is 0 Å². The van der Waals surface area contributed by atoms with Crippen LogP contribution in [0.1, 0.15) is 31.7 Å². The van der Waals surface area contributed by atoms with Crippen LogP contribution >= 0.6 is 0 Å². The van der Waals surface area contributed by atoms with Crippen LogP contribution in [0.2, 0.25) is 0 Å². The summed E-state index contributed by atoms with van der Waals surface area (Å²) >= 11 is 0. The topological polar surface area (TPSA) is 58.6 Å². The van der Waals surface area contributed by atoms with Crippen molar-refractivity contribution in [2.45, 2.75) is 26.2 Å². The first kappa shape index (κ1) is 16.7. The summed E-state index contributed by atoms with van der Waals surface area (Å²) in [6.45, 7) is 5.63. The predicted molar refractivity (Wildman–Crippen MR) is 79.6 cm³/mol. The Morgan fingerprint density at radius 3 is 2.55 bits per heavy atom. The zero-order chi connectivity index (χ0) is 15.0. The van der Waals surface area contributed by atoms with E-state index < -0.39 is 0 Å². The molecule has 1 aromatic carbocycles. The third-order valence-electron chi connectivity index (χ3n) is 3.43. The second-order valence-corrected chi connectivity index (χ2v) is 5.76. The number of aliphatic hydroxyl groups is 1. The van der Waals surface area contributed by atoms with Crippen LogP contribution in [0.5, 0.6) is 0 Å². The molecule has 0 saturated heterocycles. The molecule has 0 aromatic heterocycles. The Kier molecular flexibility index (Phi) is 6.68. The van der Waals surface area contributed by atoms with Gasteiger partial charge in [0, 0.05) is 19.7 Å². The van der Waals surface area contributed by atoms with Crippen LogP contribution < -0.4 is 5.32 Å². The number of rotatable bonds is 8. The first-order chi connectivity index (χ1) is 9.50. The van der Waals surface area contributed by atoms with E-state index in [2.05, 4.69) is 19.2 Å². The van der Waals surface area contributed by atoms with Crippen molar-refractivity contribution < 1.29 is 14.6 Å². The number of methoxy groups -OCH3 is 1. The predicted octanol–water partition coefficient (Wildman–Crippen LogP) is 1.94. The lowest BCUT2D eigenvalue weighted by atomic mass is 9.89. The molecule has 0 aliphatic heterocycles. The average Bonchev–Trinajstić information content (AvgIpc) is 2.43. The number of nitrogens with one attached hydrogen (secondary N) is 1. The van der Waals surface area contributed by atoms with E-state index in [1.807, 2.05) is 30.3 Å². The van der Waals surface area contributed by atoms with Crippen molar-refractivity contribution in [2.75, 3.05) is 26.8 Å². The van der Waals surface area contributed by atoms with Crippen molar-refractivity contribution in [2.24, 2.45) is 5.41 Å². The van der Waals surface area contributed by atoms with E-state index in [-0.39, 0.29) is 23.9 Å². The van der Waals surface area contributed by atoms with Gasteiger partial charge in [-0.3, -0.25) is 4.79 Å². The minimum absolute atomic E-state index is 0.00606. The molecular weight excluding hydrogens is 254 g/mol. The van der Waals surface area contributed by atoms with Crippen molar-refractivity contribution in [1.29, 1.82) is 0 Å². The average molecular weight is 279 g/mol. The van der Waals surface area contributed by atoms with E-state index in [1.54, 1.807) is 0 Å². The van der Waals surface area contributed by atoms with Gasteiger partial charge in [-0.15, -0.1) is 0 Å². The van der Waals surface area contributed by atoms with Gasteiger partial charge in [-0.05, 0) is 17.4 Å². The Labute approximate surface area is 121 Å². The number of hydrogen-bond acceptors (Lipinski definition) is 4. The monoisotopic (exact) mass is 279 g/mol. The van der Waals surface area contributed by atoms with Crippen molar-refractivity contribution in [3.63, 3.8) is 0 Å². The van der Waals surface area contributed by atoms with Gasteiger partial charge in [0.1, 0.15) is 0 Å². The minimum Gasteiger partial charge on any atom is -0.469 e. The summed E-state index contributed by atoms with van der Waals surface area (Å²) in [6.07, 6.45) is 0.730. The Morgan fingerprint density at radius 2 is 2.00 bits per heavy atom. The summed E-state index contributed by atoms with van der Waals surface area (Å²) in [5, 5.41) is 12.3. The number of carbonyl (C=O) groups excluding carboxylic acids is 1. The third kappa shape index (κ3) is 5.31. The van der Waals surface area contributed by atoms with E-state index >= 15 is 0 Å². The molecule has 0 amide bonds. The Balaban J connectivity index is 2.61. The SMILES string of the molecule is COC(=O)C(CNCC(C)(C)CCO)c1ccccc1. The summed E-state index contributed by atoms with van der Waals surface area (Å²) < 4.78 is 4.88. The first-order valence-corrected chi connectivity index (χ1v) is 6.94. The number of benzene rings is 1. The fourth-order valence-electron chi connectivity index (χ4n) is 2.11. The summed E-state index contributed by atoms with van der Waals surface area (Å²) in [4.78, 5) is 11.9. The van der Waals surface area contributed by atoms with Gasteiger partial charge < -0.3 is 15.2 Å². The summed E-state index contributed by atoms with van der Waals surface area (Å²) in [7, 11) is 1.41. The third-order valence-corrected chi connectivity index (χ3v) is 3.43. The van der Waals surface area contributed by atoms with E-state index in [0.717, 1.165) is 18.5 Å². The maximum Gasteiger partial charge on any atom is 0.314 e. The van der Waals surface area contributed by atoms with Crippen LogP contribution in [0.3, 0.4) is 0 Å². The summed E-state index contributed by atoms with van der Waals surface area (Å²) in [5.74, 6) is -0.533. The zero-order valence-corrected chi connectivity index (χ0v) is 12.6. The van der Waals surface area contributed by atoms with Gasteiger partial charge in [-0.25, -0.2) is 0 Å². The van der Waals surface area contributed by atoms with Gasteiger partial charge in [0.05, 0.1) is 13.0 Å². The summed E-state index contributed by atoms with van der Waals surface area (Å²) in [5.41, 5.74) is 0.957. The van der Waals surface area contributed by atoms with Crippen LogP contribution in [0.4, 0.5) is 0 Å². The molecule has 0 saturated carbocycles. The van der Waals surface area contributed by atoms with Crippen molar-refractivity contribution in [3.8, 4) is 0 Å². The van der Waals surface area contributed by atoms with E-state index in [4.69, 9.17) is 9.84 Å². The number of ether oxygens (including phenoxy) is 1. The number of hydrogen-bond donors (Lipinski definition) is 2. The van der Waals surface area contributed by atoms with Crippen molar-refractivity contribution in [1.82, 2.24) is 5.32 Å². The summed E-state index contributed by atoms with van der Waals surface area (Å²) in [6, 6.07) is 9.63. The molecule has 0 aliphatic carbocycles. The molecule has 1 rings (SSSR count). The van der Waals surface area contributed by atoms with Crippen molar-refractivity contribution >= 4 is 5.97 Å². The molecule has 20 heavy (non-hydrogen) atoms. The van der Waals surface area contributed by atoms with Gasteiger partial charge in [0.2, 0.25) is 0 Å². The molecule has 2 N–H and O–H groups in total. The van der Waals surface area contributed by atoms with Crippen LogP contribution in [0.15, 0.2) is 30.3 Å². The highest BCUT2D eigenvalue weighted by molar-refractivity contribution is 5.78. The van der Waals surface area contributed by atoms with Gasteiger partial charge in [-0.1, -0.05) is 44.2 Å². The smallest absolute Gasteiger partial charge is 0.314 e. The Hall–Kier alpha value is -1.39. The Morgan fingerprint density at radius 1 is 1.35 bits per heavy atom. The second kappa shape index (κ2) is 8.02. The van der Waals surface area contributed by atoms with Crippen LogP contribution in [-0.2, 0) is 9.53 Å². The highest BCUT2D eigenvalue weighted by Crippen LogP contribution is 2.20. The highest BCUT2D eigenvalue weighted by Gasteiger charge is 2.23. The largest absolute Gasteiger partial charge is 0.469 e. The molecule has 0 aliphatic rings. The minimum atomic E-state index is -0.300. The molecule has 4 nitrogen and oxygen atoms in total. The molecule has 0 radical (unpaired) electrons. The van der Waals surface area contributed by atoms with Gasteiger partial charge in [0.15, 0.2) is 0 Å². The molecule has 0 spiro atoms. The second-order valence-electron chi connectivity index (χ2n) is 5.76. The molecule has 112 valence electrons. The maximum atomic E-state index is 11.9. The van der Waals surface area contributed by atoms with E-state index in [0.29, 0.717) is 6.54 Å². The fraction of sp³-hybridized carbons (Fsp3) is 0.562. The quantitative estimate of drug-likeness (QED) is 0.714.